The van der Waals surface area contributed by atoms with Crippen LogP contribution in [0.1, 0.15) is 19.4 Å². The second kappa shape index (κ2) is 7.03. The van der Waals surface area contributed by atoms with Crippen LogP contribution in [0.3, 0.4) is 0 Å². The molecule has 28 heavy (non-hydrogen) atoms. The Morgan fingerprint density at radius 2 is 1.50 bits per heavy atom. The van der Waals surface area contributed by atoms with E-state index in [-0.39, 0.29) is 11.3 Å². The molecule has 1 aliphatic heterocycles. The summed E-state index contributed by atoms with van der Waals surface area (Å²) in [4.78, 5) is 24.3. The van der Waals surface area contributed by atoms with Gasteiger partial charge in [-0.05, 0) is 34.9 Å². The van der Waals surface area contributed by atoms with E-state index < -0.39 is 24.1 Å². The third kappa shape index (κ3) is 4.51. The van der Waals surface area contributed by atoms with Crippen LogP contribution in [-0.4, -0.2) is 24.1 Å². The van der Waals surface area contributed by atoms with Crippen molar-refractivity contribution in [3.05, 3.63) is 59.7 Å². The Balaban J connectivity index is 1.94. The van der Waals surface area contributed by atoms with Gasteiger partial charge in [0.25, 0.3) is 5.79 Å². The summed E-state index contributed by atoms with van der Waals surface area (Å²) in [5, 5.41) is 0. The summed E-state index contributed by atoms with van der Waals surface area (Å²) in [5.41, 5.74) is 1.39. The number of benzene rings is 2. The highest BCUT2D eigenvalue weighted by Crippen LogP contribution is 2.31. The minimum atomic E-state index is -4.78. The van der Waals surface area contributed by atoms with Crippen LogP contribution in [0.5, 0.6) is 5.75 Å². The monoisotopic (exact) mass is 392 g/mol. The Bertz CT molecular complexity index is 921. The zero-order valence-corrected chi connectivity index (χ0v) is 14.9. The number of carbonyl (C=O) groups excluding carboxylic acids is 2. The van der Waals surface area contributed by atoms with Crippen molar-refractivity contribution in [2.45, 2.75) is 26.0 Å². The Morgan fingerprint density at radius 3 is 2.07 bits per heavy atom. The van der Waals surface area contributed by atoms with E-state index in [4.69, 9.17) is 9.47 Å². The first kappa shape index (κ1) is 19.5. The molecular formula is C20H15F3O5. The van der Waals surface area contributed by atoms with Crippen molar-refractivity contribution >= 4 is 18.0 Å². The maximum atomic E-state index is 12.3. The quantitative estimate of drug-likeness (QED) is 0.438. The molecule has 1 saturated heterocycles. The number of rotatable bonds is 3. The van der Waals surface area contributed by atoms with E-state index in [0.29, 0.717) is 16.7 Å². The average Bonchev–Trinajstić information content (AvgIpc) is 2.57. The summed E-state index contributed by atoms with van der Waals surface area (Å²) in [6.07, 6.45) is -3.45. The molecule has 0 aliphatic carbocycles. The first-order valence-corrected chi connectivity index (χ1v) is 8.18. The predicted molar refractivity (Wildman–Crippen MR) is 92.8 cm³/mol. The van der Waals surface area contributed by atoms with Gasteiger partial charge >= 0.3 is 18.3 Å². The molecule has 2 aromatic carbocycles. The summed E-state index contributed by atoms with van der Waals surface area (Å²) >= 11 is 0. The normalized spacial score (nSPS) is 16.2. The van der Waals surface area contributed by atoms with E-state index >= 15 is 0 Å². The standard InChI is InChI=1S/C20H15F3O5/c1-19(2)27-17(24)16(18(25)28-19)11-13-5-3-4-6-15(13)12-7-9-14(10-8-12)26-20(21,22)23/h3-11H,1-2H3. The Hall–Kier alpha value is -3.29. The predicted octanol–water partition coefficient (Wildman–Crippen LogP) is 4.47. The summed E-state index contributed by atoms with van der Waals surface area (Å²) in [6, 6.07) is 12.0. The lowest BCUT2D eigenvalue weighted by atomic mass is 9.97. The second-order valence-corrected chi connectivity index (χ2v) is 6.40. The molecule has 0 atom stereocenters. The Morgan fingerprint density at radius 1 is 0.929 bits per heavy atom. The number of carbonyl (C=O) groups is 2. The van der Waals surface area contributed by atoms with Crippen LogP contribution >= 0.6 is 0 Å². The van der Waals surface area contributed by atoms with Crippen LogP contribution in [0.4, 0.5) is 13.2 Å². The summed E-state index contributed by atoms with van der Waals surface area (Å²) in [6.45, 7) is 2.89. The van der Waals surface area contributed by atoms with Crippen LogP contribution in [0.15, 0.2) is 54.1 Å². The van der Waals surface area contributed by atoms with Gasteiger partial charge in [-0.25, -0.2) is 9.59 Å². The van der Waals surface area contributed by atoms with E-state index in [0.717, 1.165) is 0 Å². The molecule has 2 aromatic rings. The molecule has 8 heteroatoms. The van der Waals surface area contributed by atoms with E-state index in [1.807, 2.05) is 0 Å². The number of cyclic esters (lactones) is 2. The molecule has 146 valence electrons. The molecule has 1 heterocycles. The van der Waals surface area contributed by atoms with Gasteiger partial charge < -0.3 is 14.2 Å². The van der Waals surface area contributed by atoms with Crippen LogP contribution in [0.25, 0.3) is 17.2 Å². The van der Waals surface area contributed by atoms with Crippen molar-refractivity contribution in [3.63, 3.8) is 0 Å². The maximum absolute atomic E-state index is 12.3. The highest BCUT2D eigenvalue weighted by atomic mass is 19.4. The fourth-order valence-corrected chi connectivity index (χ4v) is 2.66. The van der Waals surface area contributed by atoms with Gasteiger partial charge in [-0.3, -0.25) is 0 Å². The highest BCUT2D eigenvalue weighted by Gasteiger charge is 2.39. The fourth-order valence-electron chi connectivity index (χ4n) is 2.66. The van der Waals surface area contributed by atoms with Crippen molar-refractivity contribution in [1.29, 1.82) is 0 Å². The van der Waals surface area contributed by atoms with Crippen molar-refractivity contribution in [1.82, 2.24) is 0 Å². The lowest BCUT2D eigenvalue weighted by Crippen LogP contribution is -2.41. The topological polar surface area (TPSA) is 61.8 Å². The summed E-state index contributed by atoms with van der Waals surface area (Å²) in [7, 11) is 0. The average molecular weight is 392 g/mol. The number of hydrogen-bond acceptors (Lipinski definition) is 5. The largest absolute Gasteiger partial charge is 0.573 e. The van der Waals surface area contributed by atoms with Crippen molar-refractivity contribution in [2.24, 2.45) is 0 Å². The molecule has 0 radical (unpaired) electrons. The summed E-state index contributed by atoms with van der Waals surface area (Å²) in [5.74, 6) is -3.33. The van der Waals surface area contributed by atoms with Crippen molar-refractivity contribution in [2.75, 3.05) is 0 Å². The molecule has 0 amide bonds. The van der Waals surface area contributed by atoms with E-state index in [9.17, 15) is 22.8 Å². The smallest absolute Gasteiger partial charge is 0.419 e. The molecule has 0 N–H and O–H groups in total. The SMILES string of the molecule is CC1(C)OC(=O)C(=Cc2ccccc2-c2ccc(OC(F)(F)F)cc2)C(=O)O1. The Kier molecular flexibility index (Phi) is 4.89. The van der Waals surface area contributed by atoms with Crippen molar-refractivity contribution < 1.29 is 37.0 Å². The minimum Gasteiger partial charge on any atom is -0.419 e. The summed E-state index contributed by atoms with van der Waals surface area (Å²) < 4.78 is 50.9. The number of esters is 2. The lowest BCUT2D eigenvalue weighted by molar-refractivity contribution is -0.274. The van der Waals surface area contributed by atoms with E-state index in [1.165, 1.54) is 44.2 Å². The number of alkyl halides is 3. The zero-order valence-electron chi connectivity index (χ0n) is 14.9. The first-order valence-electron chi connectivity index (χ1n) is 8.18. The van der Waals surface area contributed by atoms with Crippen LogP contribution in [-0.2, 0) is 19.1 Å². The molecule has 0 aromatic heterocycles. The van der Waals surface area contributed by atoms with Gasteiger partial charge in [0.1, 0.15) is 11.3 Å². The lowest BCUT2D eigenvalue weighted by Gasteiger charge is -2.29. The molecule has 0 saturated carbocycles. The van der Waals surface area contributed by atoms with Gasteiger partial charge in [0.15, 0.2) is 0 Å². The molecule has 3 rings (SSSR count). The Labute approximate surface area is 158 Å². The van der Waals surface area contributed by atoms with Gasteiger partial charge in [0, 0.05) is 13.8 Å². The van der Waals surface area contributed by atoms with Gasteiger partial charge in [-0.2, -0.15) is 0 Å². The number of ether oxygens (including phenoxy) is 3. The molecule has 0 spiro atoms. The molecule has 5 nitrogen and oxygen atoms in total. The van der Waals surface area contributed by atoms with Crippen molar-refractivity contribution in [3.8, 4) is 16.9 Å². The van der Waals surface area contributed by atoms with E-state index in [1.54, 1.807) is 24.3 Å². The van der Waals surface area contributed by atoms with Gasteiger partial charge in [0.2, 0.25) is 0 Å². The zero-order chi connectivity index (χ0) is 20.5. The third-order valence-corrected chi connectivity index (χ3v) is 3.78. The fraction of sp³-hybridized carbons (Fsp3) is 0.200. The van der Waals surface area contributed by atoms with E-state index in [2.05, 4.69) is 4.74 Å². The number of hydrogen-bond donors (Lipinski definition) is 0. The molecule has 0 bridgehead atoms. The second-order valence-electron chi connectivity index (χ2n) is 6.40. The highest BCUT2D eigenvalue weighted by molar-refractivity contribution is 6.19. The number of halogens is 3. The minimum absolute atomic E-state index is 0.274. The van der Waals surface area contributed by atoms with Crippen LogP contribution < -0.4 is 4.74 Å². The molecular weight excluding hydrogens is 377 g/mol. The maximum Gasteiger partial charge on any atom is 0.573 e. The van der Waals surface area contributed by atoms with Gasteiger partial charge in [-0.15, -0.1) is 13.2 Å². The van der Waals surface area contributed by atoms with Crippen LogP contribution in [0.2, 0.25) is 0 Å². The van der Waals surface area contributed by atoms with Gasteiger partial charge in [-0.1, -0.05) is 36.4 Å². The first-order chi connectivity index (χ1) is 13.0. The molecule has 1 fully saturated rings. The van der Waals surface area contributed by atoms with Crippen LogP contribution in [0, 0.1) is 0 Å². The van der Waals surface area contributed by atoms with Gasteiger partial charge in [0.05, 0.1) is 0 Å². The molecule has 1 aliphatic rings. The third-order valence-electron chi connectivity index (χ3n) is 3.78. The molecule has 0 unspecified atom stereocenters.